The van der Waals surface area contributed by atoms with Gasteiger partial charge in [0, 0.05) is 83.1 Å². The van der Waals surface area contributed by atoms with Gasteiger partial charge in [0.1, 0.15) is 5.82 Å². The number of anilines is 3. The molecular weight excluding hydrogens is 498 g/mol. The second kappa shape index (κ2) is 10.5. The third-order valence-corrected chi connectivity index (χ3v) is 9.72. The monoisotopic (exact) mass is 533 g/mol. The molecule has 1 aromatic heterocycles. The molecule has 200 valence electrons. The number of piperazine rings is 2. The fraction of sp³-hybridized carbons (Fsp3) is 0.429. The Balaban J connectivity index is 1.29. The average Bonchev–Trinajstić information content (AvgIpc) is 2.98. The predicted molar refractivity (Wildman–Crippen MR) is 150 cm³/mol. The van der Waals surface area contributed by atoms with Crippen molar-refractivity contribution in [2.24, 2.45) is 0 Å². The summed E-state index contributed by atoms with van der Waals surface area (Å²) < 4.78 is 28.5. The van der Waals surface area contributed by atoms with Crippen molar-refractivity contribution in [1.29, 1.82) is 0 Å². The van der Waals surface area contributed by atoms with Gasteiger partial charge >= 0.3 is 0 Å². The molecule has 0 bridgehead atoms. The molecule has 2 fully saturated rings. The number of benzene rings is 2. The van der Waals surface area contributed by atoms with E-state index < -0.39 is 10.0 Å². The van der Waals surface area contributed by atoms with E-state index in [9.17, 15) is 8.42 Å². The first-order valence-corrected chi connectivity index (χ1v) is 14.9. The summed E-state index contributed by atoms with van der Waals surface area (Å²) in [6.07, 6.45) is 0.585. The van der Waals surface area contributed by atoms with Crippen LogP contribution in [0.4, 0.5) is 17.5 Å². The number of para-hydroxylation sites is 1. The summed E-state index contributed by atoms with van der Waals surface area (Å²) in [6, 6.07) is 19.2. The number of likely N-dealkylation sites (N-methyl/N-ethyl adjacent to an activating group) is 1. The summed E-state index contributed by atoms with van der Waals surface area (Å²) in [7, 11) is -1.45. The third-order valence-electron chi connectivity index (χ3n) is 7.86. The molecule has 9 nitrogen and oxygen atoms in total. The van der Waals surface area contributed by atoms with Gasteiger partial charge in [0.15, 0.2) is 0 Å². The number of nitrogens with zero attached hydrogens (tertiary/aromatic N) is 7. The Kier molecular flexibility index (Phi) is 6.94. The molecule has 6 rings (SSSR count). The summed E-state index contributed by atoms with van der Waals surface area (Å²) in [4.78, 5) is 19.8. The molecule has 0 radical (unpaired) electrons. The number of fused-ring (bicyclic) bond motifs is 1. The van der Waals surface area contributed by atoms with Crippen molar-refractivity contribution < 1.29 is 8.42 Å². The standard InChI is InChI=1S/C28H35N7O2S/c1-31-14-16-33(17-15-31)27-25-22-35(38(36,37)24-10-6-3-7-11-24)13-12-26(25)29-28(30-27)34-20-18-32(19-21-34)23-8-4-2-5-9-23/h2-11H,12-22H2,1H3. The third kappa shape index (κ3) is 4.95. The van der Waals surface area contributed by atoms with E-state index in [2.05, 4.69) is 50.9 Å². The van der Waals surface area contributed by atoms with E-state index in [-0.39, 0.29) is 0 Å². The Morgan fingerprint density at radius 3 is 1.97 bits per heavy atom. The Morgan fingerprint density at radius 2 is 1.29 bits per heavy atom. The number of rotatable bonds is 5. The van der Waals surface area contributed by atoms with Crippen LogP contribution in [0.1, 0.15) is 11.3 Å². The molecule has 0 saturated carbocycles. The molecular formula is C28H35N7O2S. The lowest BCUT2D eigenvalue weighted by Gasteiger charge is -2.39. The fourth-order valence-corrected chi connectivity index (χ4v) is 6.96. The first-order chi connectivity index (χ1) is 18.5. The summed E-state index contributed by atoms with van der Waals surface area (Å²) in [5.41, 5.74) is 3.18. The van der Waals surface area contributed by atoms with Crippen molar-refractivity contribution >= 4 is 27.5 Å². The summed E-state index contributed by atoms with van der Waals surface area (Å²) in [5.74, 6) is 1.67. The highest BCUT2D eigenvalue weighted by atomic mass is 32.2. The van der Waals surface area contributed by atoms with Gasteiger partial charge in [0.2, 0.25) is 16.0 Å². The zero-order valence-electron chi connectivity index (χ0n) is 21.9. The van der Waals surface area contributed by atoms with Crippen molar-refractivity contribution in [3.8, 4) is 0 Å². The maximum atomic E-state index is 13.4. The Hall–Kier alpha value is -3.21. The number of aromatic nitrogens is 2. The molecule has 2 aromatic carbocycles. The van der Waals surface area contributed by atoms with E-state index in [4.69, 9.17) is 9.97 Å². The fourth-order valence-electron chi connectivity index (χ4n) is 5.53. The van der Waals surface area contributed by atoms with Crippen molar-refractivity contribution in [1.82, 2.24) is 19.2 Å². The average molecular weight is 534 g/mol. The van der Waals surface area contributed by atoms with Crippen LogP contribution >= 0.6 is 0 Å². The van der Waals surface area contributed by atoms with Crippen molar-refractivity contribution in [3.63, 3.8) is 0 Å². The minimum Gasteiger partial charge on any atom is -0.368 e. The maximum absolute atomic E-state index is 13.4. The Morgan fingerprint density at radius 1 is 0.684 bits per heavy atom. The van der Waals surface area contributed by atoms with Crippen LogP contribution in [0.2, 0.25) is 0 Å². The summed E-state index contributed by atoms with van der Waals surface area (Å²) >= 11 is 0. The number of sulfonamides is 1. The van der Waals surface area contributed by atoms with Gasteiger partial charge in [-0.3, -0.25) is 0 Å². The molecule has 4 heterocycles. The van der Waals surface area contributed by atoms with Crippen LogP contribution in [0.15, 0.2) is 65.6 Å². The van der Waals surface area contributed by atoms with Crippen LogP contribution in [-0.4, -0.2) is 93.5 Å². The van der Waals surface area contributed by atoms with E-state index >= 15 is 0 Å². The maximum Gasteiger partial charge on any atom is 0.243 e. The lowest BCUT2D eigenvalue weighted by atomic mass is 10.1. The summed E-state index contributed by atoms with van der Waals surface area (Å²) in [5, 5.41) is 0. The van der Waals surface area contributed by atoms with Crippen LogP contribution in [0.3, 0.4) is 0 Å². The number of hydrogen-bond acceptors (Lipinski definition) is 8. The quantitative estimate of drug-likeness (QED) is 0.495. The first kappa shape index (κ1) is 25.1. The van der Waals surface area contributed by atoms with Gasteiger partial charge in [-0.05, 0) is 31.3 Å². The van der Waals surface area contributed by atoms with Crippen LogP contribution < -0.4 is 14.7 Å². The van der Waals surface area contributed by atoms with Crippen molar-refractivity contribution in [2.75, 3.05) is 80.7 Å². The molecule has 0 amide bonds. The zero-order chi connectivity index (χ0) is 26.1. The van der Waals surface area contributed by atoms with E-state index in [1.54, 1.807) is 28.6 Å². The Labute approximate surface area is 225 Å². The largest absolute Gasteiger partial charge is 0.368 e. The second-order valence-electron chi connectivity index (χ2n) is 10.3. The summed E-state index contributed by atoms with van der Waals surface area (Å²) in [6.45, 7) is 7.90. The van der Waals surface area contributed by atoms with E-state index in [0.717, 1.165) is 75.4 Å². The molecule has 0 aliphatic carbocycles. The lowest BCUT2D eigenvalue weighted by molar-refractivity contribution is 0.310. The molecule has 0 spiro atoms. The van der Waals surface area contributed by atoms with Crippen LogP contribution in [0, 0.1) is 0 Å². The van der Waals surface area contributed by atoms with Crippen molar-refractivity contribution in [2.45, 2.75) is 17.9 Å². The van der Waals surface area contributed by atoms with Crippen LogP contribution in [0.5, 0.6) is 0 Å². The highest BCUT2D eigenvalue weighted by Gasteiger charge is 2.33. The first-order valence-electron chi connectivity index (χ1n) is 13.4. The van der Waals surface area contributed by atoms with Crippen molar-refractivity contribution in [3.05, 3.63) is 71.9 Å². The minimum atomic E-state index is -3.59. The Bertz CT molecular complexity index is 1350. The van der Waals surface area contributed by atoms with Gasteiger partial charge in [0.05, 0.1) is 10.6 Å². The molecule has 38 heavy (non-hydrogen) atoms. The van der Waals surface area contributed by atoms with E-state index in [0.29, 0.717) is 24.4 Å². The van der Waals surface area contributed by atoms with Gasteiger partial charge in [-0.15, -0.1) is 0 Å². The normalized spacial score (nSPS) is 19.4. The predicted octanol–water partition coefficient (Wildman–Crippen LogP) is 2.30. The van der Waals surface area contributed by atoms with Gasteiger partial charge < -0.3 is 19.6 Å². The molecule has 3 aliphatic heterocycles. The molecule has 10 heteroatoms. The van der Waals surface area contributed by atoms with Gasteiger partial charge in [-0.2, -0.15) is 9.29 Å². The topological polar surface area (TPSA) is 76.1 Å². The zero-order valence-corrected chi connectivity index (χ0v) is 22.7. The minimum absolute atomic E-state index is 0.302. The highest BCUT2D eigenvalue weighted by molar-refractivity contribution is 7.89. The SMILES string of the molecule is CN1CCN(c2nc(N3CCN(c4ccccc4)CC3)nc3c2CN(S(=O)(=O)c2ccccc2)CC3)CC1. The molecule has 0 unspecified atom stereocenters. The molecule has 2 saturated heterocycles. The molecule has 3 aromatic rings. The smallest absolute Gasteiger partial charge is 0.243 e. The van der Waals surface area contributed by atoms with Gasteiger partial charge in [-0.25, -0.2) is 13.4 Å². The lowest BCUT2D eigenvalue weighted by Crippen LogP contribution is -2.48. The number of hydrogen-bond donors (Lipinski definition) is 0. The van der Waals surface area contributed by atoms with Crippen LogP contribution in [0.25, 0.3) is 0 Å². The van der Waals surface area contributed by atoms with E-state index in [1.165, 1.54) is 5.69 Å². The molecule has 0 atom stereocenters. The van der Waals surface area contributed by atoms with Crippen LogP contribution in [-0.2, 0) is 23.0 Å². The second-order valence-corrected chi connectivity index (χ2v) is 12.2. The van der Waals surface area contributed by atoms with Gasteiger partial charge in [0.25, 0.3) is 0 Å². The van der Waals surface area contributed by atoms with E-state index in [1.807, 2.05) is 12.1 Å². The highest BCUT2D eigenvalue weighted by Crippen LogP contribution is 2.32. The van der Waals surface area contributed by atoms with Gasteiger partial charge in [-0.1, -0.05) is 36.4 Å². The molecule has 0 N–H and O–H groups in total. The molecule has 3 aliphatic rings.